The molecule has 3 heterocycles. The van der Waals surface area contributed by atoms with Gasteiger partial charge in [-0.25, -0.2) is 4.79 Å². The van der Waals surface area contributed by atoms with E-state index in [0.29, 0.717) is 18.2 Å². The molecule has 1 N–H and O–H groups in total. The molecule has 1 aromatic carbocycles. The lowest BCUT2D eigenvalue weighted by atomic mass is 9.98. The minimum Gasteiger partial charge on any atom is -0.478 e. The molecule has 0 aliphatic carbocycles. The summed E-state index contributed by atoms with van der Waals surface area (Å²) in [4.78, 5) is 28.7. The second-order valence-electron chi connectivity index (χ2n) is 7.19. The number of rotatable bonds is 3. The number of carbonyl (C=O) groups is 2. The number of hydrogen-bond donors (Lipinski definition) is 1. The first-order valence-electron chi connectivity index (χ1n) is 9.13. The van der Waals surface area contributed by atoms with E-state index < -0.39 is 5.97 Å². The van der Waals surface area contributed by atoms with Crippen LogP contribution in [0.25, 0.3) is 0 Å². The molecule has 3 aliphatic rings. The number of piperidine rings is 1. The number of likely N-dealkylation sites (tertiary alicyclic amines) is 1. The van der Waals surface area contributed by atoms with Crippen LogP contribution in [0.15, 0.2) is 18.2 Å². The highest BCUT2D eigenvalue weighted by Crippen LogP contribution is 2.31. The van der Waals surface area contributed by atoms with Crippen LogP contribution in [0.5, 0.6) is 0 Å². The number of aromatic carboxylic acids is 1. The van der Waals surface area contributed by atoms with Gasteiger partial charge in [0.1, 0.15) is 0 Å². The summed E-state index contributed by atoms with van der Waals surface area (Å²) in [6.07, 6.45) is 4.11. The lowest BCUT2D eigenvalue weighted by Gasteiger charge is -2.41. The van der Waals surface area contributed by atoms with E-state index in [1.807, 2.05) is 11.0 Å². The quantitative estimate of drug-likeness (QED) is 0.908. The molecule has 4 rings (SSSR count). The van der Waals surface area contributed by atoms with Crippen LogP contribution >= 0.6 is 0 Å². The van der Waals surface area contributed by atoms with Gasteiger partial charge in [0.05, 0.1) is 11.1 Å². The number of fused-ring (bicyclic) bond motifs is 1. The van der Waals surface area contributed by atoms with Gasteiger partial charge in [-0.05, 0) is 37.3 Å². The van der Waals surface area contributed by atoms with Gasteiger partial charge in [-0.1, -0.05) is 12.1 Å². The molecule has 0 unspecified atom stereocenters. The van der Waals surface area contributed by atoms with E-state index in [-0.39, 0.29) is 17.5 Å². The molecule has 6 heteroatoms. The van der Waals surface area contributed by atoms with Crippen LogP contribution in [0, 0.1) is 0 Å². The van der Waals surface area contributed by atoms with Gasteiger partial charge in [-0.3, -0.25) is 4.79 Å². The standard InChI is InChI=1S/C19H24N2O4/c22-18-17-13(2-1-3-16(17)19(23)24)12-21(18)15-4-8-20(9-5-15)14-6-10-25-11-7-14/h1-3,14-15H,4-12H2,(H,23,24). The largest absolute Gasteiger partial charge is 0.478 e. The van der Waals surface area contributed by atoms with Crippen molar-refractivity contribution in [3.05, 3.63) is 34.9 Å². The molecule has 0 aromatic heterocycles. The number of carboxylic acid groups (broad SMARTS) is 1. The van der Waals surface area contributed by atoms with E-state index in [2.05, 4.69) is 4.90 Å². The Labute approximate surface area is 147 Å². The molecule has 0 spiro atoms. The summed E-state index contributed by atoms with van der Waals surface area (Å²) in [6.45, 7) is 4.24. The second-order valence-corrected chi connectivity index (χ2v) is 7.19. The average molecular weight is 344 g/mol. The van der Waals surface area contributed by atoms with Crippen molar-refractivity contribution in [3.8, 4) is 0 Å². The number of ether oxygens (including phenoxy) is 1. The summed E-state index contributed by atoms with van der Waals surface area (Å²) in [5.41, 5.74) is 1.36. The average Bonchev–Trinajstić information content (AvgIpc) is 2.99. The highest BCUT2D eigenvalue weighted by Gasteiger charge is 2.37. The molecular formula is C19H24N2O4. The second kappa shape index (κ2) is 6.77. The summed E-state index contributed by atoms with van der Waals surface area (Å²) >= 11 is 0. The zero-order valence-corrected chi connectivity index (χ0v) is 14.3. The number of nitrogens with zero attached hydrogens (tertiary/aromatic N) is 2. The minimum atomic E-state index is -1.03. The summed E-state index contributed by atoms with van der Waals surface area (Å²) < 4.78 is 5.45. The van der Waals surface area contributed by atoms with E-state index in [1.54, 1.807) is 6.07 Å². The monoisotopic (exact) mass is 344 g/mol. The molecule has 0 saturated carbocycles. The van der Waals surface area contributed by atoms with Crippen molar-refractivity contribution in [1.29, 1.82) is 0 Å². The Kier molecular flexibility index (Phi) is 4.48. The summed E-state index contributed by atoms with van der Waals surface area (Å²) in [5.74, 6) is -1.14. The van der Waals surface area contributed by atoms with Gasteiger partial charge < -0.3 is 19.6 Å². The van der Waals surface area contributed by atoms with E-state index >= 15 is 0 Å². The number of carbonyl (C=O) groups excluding carboxylic acids is 1. The summed E-state index contributed by atoms with van der Waals surface area (Å²) in [7, 11) is 0. The van der Waals surface area contributed by atoms with E-state index in [9.17, 15) is 14.7 Å². The van der Waals surface area contributed by atoms with Gasteiger partial charge in [0.2, 0.25) is 0 Å². The molecule has 0 radical (unpaired) electrons. The molecular weight excluding hydrogens is 320 g/mol. The first kappa shape index (κ1) is 16.5. The van der Waals surface area contributed by atoms with Crippen LogP contribution in [0.3, 0.4) is 0 Å². The third kappa shape index (κ3) is 3.04. The molecule has 1 amide bonds. The molecule has 6 nitrogen and oxygen atoms in total. The molecule has 0 atom stereocenters. The van der Waals surface area contributed by atoms with Crippen LogP contribution in [-0.4, -0.2) is 65.2 Å². The predicted octanol–water partition coefficient (Wildman–Crippen LogP) is 1.98. The Morgan fingerprint density at radius 2 is 1.80 bits per heavy atom. The first-order chi connectivity index (χ1) is 12.1. The number of benzene rings is 1. The van der Waals surface area contributed by atoms with Crippen molar-refractivity contribution >= 4 is 11.9 Å². The zero-order chi connectivity index (χ0) is 17.4. The van der Waals surface area contributed by atoms with Crippen LogP contribution < -0.4 is 0 Å². The van der Waals surface area contributed by atoms with Crippen molar-refractivity contribution in [3.63, 3.8) is 0 Å². The van der Waals surface area contributed by atoms with Crippen molar-refractivity contribution in [1.82, 2.24) is 9.80 Å². The van der Waals surface area contributed by atoms with Crippen molar-refractivity contribution in [2.75, 3.05) is 26.3 Å². The molecule has 1 aromatic rings. The lowest BCUT2D eigenvalue weighted by molar-refractivity contribution is 0.0138. The molecule has 3 aliphatic heterocycles. The topological polar surface area (TPSA) is 70.1 Å². The maximum atomic E-state index is 12.8. The highest BCUT2D eigenvalue weighted by atomic mass is 16.5. The van der Waals surface area contributed by atoms with Crippen LogP contribution in [-0.2, 0) is 11.3 Å². The molecule has 2 saturated heterocycles. The van der Waals surface area contributed by atoms with Crippen molar-refractivity contribution in [2.45, 2.75) is 44.3 Å². The van der Waals surface area contributed by atoms with Gasteiger partial charge in [0, 0.05) is 44.9 Å². The SMILES string of the molecule is O=C(O)c1cccc2c1C(=O)N(C1CCN(C3CCOCC3)CC1)C2. The molecule has 25 heavy (non-hydrogen) atoms. The Balaban J connectivity index is 1.43. The Morgan fingerprint density at radius 1 is 1.08 bits per heavy atom. The van der Waals surface area contributed by atoms with Crippen LogP contribution in [0.2, 0.25) is 0 Å². The lowest BCUT2D eigenvalue weighted by Crippen LogP contribution is -2.49. The minimum absolute atomic E-state index is 0.113. The fourth-order valence-electron chi connectivity index (χ4n) is 4.47. The van der Waals surface area contributed by atoms with Gasteiger partial charge >= 0.3 is 5.97 Å². The van der Waals surface area contributed by atoms with Crippen molar-refractivity contribution < 1.29 is 19.4 Å². The molecule has 2 fully saturated rings. The Bertz CT molecular complexity index is 676. The van der Waals surface area contributed by atoms with E-state index in [4.69, 9.17) is 4.74 Å². The maximum Gasteiger partial charge on any atom is 0.336 e. The van der Waals surface area contributed by atoms with Crippen LogP contribution in [0.4, 0.5) is 0 Å². The third-order valence-electron chi connectivity index (χ3n) is 5.84. The van der Waals surface area contributed by atoms with Crippen LogP contribution in [0.1, 0.15) is 52.0 Å². The Morgan fingerprint density at radius 3 is 2.48 bits per heavy atom. The fraction of sp³-hybridized carbons (Fsp3) is 0.579. The van der Waals surface area contributed by atoms with Gasteiger partial charge in [-0.2, -0.15) is 0 Å². The van der Waals surface area contributed by atoms with Gasteiger partial charge in [0.15, 0.2) is 0 Å². The zero-order valence-electron chi connectivity index (χ0n) is 14.3. The molecule has 0 bridgehead atoms. The third-order valence-corrected chi connectivity index (χ3v) is 5.84. The summed E-state index contributed by atoms with van der Waals surface area (Å²) in [5, 5.41) is 9.35. The smallest absolute Gasteiger partial charge is 0.336 e. The maximum absolute atomic E-state index is 12.8. The number of carboxylic acids is 1. The highest BCUT2D eigenvalue weighted by molar-refractivity contribution is 6.07. The Hall–Kier alpha value is -1.92. The number of hydrogen-bond acceptors (Lipinski definition) is 4. The van der Waals surface area contributed by atoms with Crippen molar-refractivity contribution in [2.24, 2.45) is 0 Å². The molecule has 134 valence electrons. The fourth-order valence-corrected chi connectivity index (χ4v) is 4.47. The van der Waals surface area contributed by atoms with E-state index in [1.165, 1.54) is 6.07 Å². The summed E-state index contributed by atoms with van der Waals surface area (Å²) in [6, 6.07) is 5.94. The normalized spacial score (nSPS) is 23.0. The van der Waals surface area contributed by atoms with E-state index in [0.717, 1.165) is 57.6 Å². The predicted molar refractivity (Wildman–Crippen MR) is 91.7 cm³/mol. The van der Waals surface area contributed by atoms with Gasteiger partial charge in [-0.15, -0.1) is 0 Å². The number of amides is 1. The van der Waals surface area contributed by atoms with Gasteiger partial charge in [0.25, 0.3) is 5.91 Å². The first-order valence-corrected chi connectivity index (χ1v) is 9.13.